The van der Waals surface area contributed by atoms with Crippen LogP contribution in [0.15, 0.2) is 48.8 Å². The van der Waals surface area contributed by atoms with Gasteiger partial charge >= 0.3 is 5.97 Å². The Morgan fingerprint density at radius 1 is 1.00 bits per heavy atom. The van der Waals surface area contributed by atoms with Gasteiger partial charge in [-0.25, -0.2) is 4.79 Å². The van der Waals surface area contributed by atoms with Crippen LogP contribution in [-0.4, -0.2) is 16.1 Å². The Morgan fingerprint density at radius 2 is 1.56 bits per heavy atom. The summed E-state index contributed by atoms with van der Waals surface area (Å²) in [5.74, 6) is 0.310. The van der Waals surface area contributed by atoms with Gasteiger partial charge in [0.1, 0.15) is 11.5 Å². The molecule has 0 aliphatic carbocycles. The number of aromatic nitrogens is 1. The van der Waals surface area contributed by atoms with E-state index in [1.54, 1.807) is 36.7 Å². The summed E-state index contributed by atoms with van der Waals surface area (Å²) in [4.78, 5) is 14.5. The predicted octanol–water partition coefficient (Wildman–Crippen LogP) is 2.57. The Balaban J connectivity index is 2.14. The highest BCUT2D eigenvalue weighted by Crippen LogP contribution is 2.20. The van der Waals surface area contributed by atoms with Crippen molar-refractivity contribution in [3.63, 3.8) is 0 Å². The summed E-state index contributed by atoms with van der Waals surface area (Å²) in [5, 5.41) is 8.72. The van der Waals surface area contributed by atoms with E-state index in [0.717, 1.165) is 0 Å². The third kappa shape index (κ3) is 2.36. The molecule has 0 fully saturated rings. The Morgan fingerprint density at radius 3 is 2.12 bits per heavy atom. The molecule has 1 heterocycles. The van der Waals surface area contributed by atoms with Crippen LogP contribution in [0.25, 0.3) is 0 Å². The largest absolute Gasteiger partial charge is 0.478 e. The zero-order valence-electron chi connectivity index (χ0n) is 8.33. The van der Waals surface area contributed by atoms with Crippen LogP contribution in [0.4, 0.5) is 0 Å². The summed E-state index contributed by atoms with van der Waals surface area (Å²) in [6.45, 7) is 0. The number of rotatable bonds is 3. The number of ether oxygens (including phenoxy) is 1. The molecule has 0 aliphatic rings. The number of hydrogen-bond acceptors (Lipinski definition) is 3. The van der Waals surface area contributed by atoms with Crippen molar-refractivity contribution in [1.82, 2.24) is 4.98 Å². The molecule has 0 radical (unpaired) electrons. The summed E-state index contributed by atoms with van der Waals surface area (Å²) in [6.07, 6.45) is 3.25. The molecule has 1 aromatic heterocycles. The van der Waals surface area contributed by atoms with Crippen molar-refractivity contribution in [2.24, 2.45) is 0 Å². The van der Waals surface area contributed by atoms with Crippen molar-refractivity contribution < 1.29 is 14.6 Å². The smallest absolute Gasteiger partial charge is 0.335 e. The molecule has 0 amide bonds. The SMILES string of the molecule is O=C(O)c1ccc(Oc2ccncc2)cc1. The molecule has 16 heavy (non-hydrogen) atoms. The molecule has 0 saturated carbocycles. The van der Waals surface area contributed by atoms with Gasteiger partial charge < -0.3 is 9.84 Å². The Kier molecular flexibility index (Phi) is 2.82. The number of carbonyl (C=O) groups is 1. The second-order valence-electron chi connectivity index (χ2n) is 3.11. The van der Waals surface area contributed by atoms with Crippen molar-refractivity contribution in [3.8, 4) is 11.5 Å². The highest BCUT2D eigenvalue weighted by atomic mass is 16.5. The van der Waals surface area contributed by atoms with Crippen molar-refractivity contribution in [3.05, 3.63) is 54.4 Å². The highest BCUT2D eigenvalue weighted by molar-refractivity contribution is 5.87. The molecule has 2 aromatic rings. The van der Waals surface area contributed by atoms with E-state index in [1.807, 2.05) is 0 Å². The molecule has 1 N–H and O–H groups in total. The monoisotopic (exact) mass is 215 g/mol. The molecule has 2 rings (SSSR count). The minimum atomic E-state index is -0.949. The first kappa shape index (κ1) is 10.2. The molecular weight excluding hydrogens is 206 g/mol. The molecule has 1 aromatic carbocycles. The van der Waals surface area contributed by atoms with Crippen LogP contribution in [0.5, 0.6) is 11.5 Å². The first-order valence-corrected chi connectivity index (χ1v) is 4.67. The lowest BCUT2D eigenvalue weighted by atomic mass is 10.2. The molecule has 4 heteroatoms. The zero-order chi connectivity index (χ0) is 11.4. The van der Waals surface area contributed by atoms with E-state index in [1.165, 1.54) is 12.1 Å². The summed E-state index contributed by atoms with van der Waals surface area (Å²) in [6, 6.07) is 9.68. The van der Waals surface area contributed by atoms with Gasteiger partial charge in [-0.3, -0.25) is 4.98 Å². The van der Waals surface area contributed by atoms with Gasteiger partial charge in [-0.15, -0.1) is 0 Å². The predicted molar refractivity (Wildman–Crippen MR) is 57.7 cm³/mol. The maximum Gasteiger partial charge on any atom is 0.335 e. The maximum absolute atomic E-state index is 10.6. The lowest BCUT2D eigenvalue weighted by Gasteiger charge is -2.04. The zero-order valence-corrected chi connectivity index (χ0v) is 8.33. The Hall–Kier alpha value is -2.36. The number of pyridine rings is 1. The lowest BCUT2D eigenvalue weighted by molar-refractivity contribution is 0.0697. The second-order valence-corrected chi connectivity index (χ2v) is 3.11. The fourth-order valence-corrected chi connectivity index (χ4v) is 1.21. The standard InChI is InChI=1S/C12H9NO3/c14-12(15)9-1-3-10(4-2-9)16-11-5-7-13-8-6-11/h1-8H,(H,14,15). The first-order valence-electron chi connectivity index (χ1n) is 4.67. The van der Waals surface area contributed by atoms with Gasteiger partial charge in [0, 0.05) is 12.4 Å². The number of carboxylic acids is 1. The molecule has 0 unspecified atom stereocenters. The summed E-state index contributed by atoms with van der Waals surface area (Å²) < 4.78 is 5.48. The normalized spacial score (nSPS) is 9.75. The van der Waals surface area contributed by atoms with Crippen LogP contribution in [0.2, 0.25) is 0 Å². The van der Waals surface area contributed by atoms with Crippen LogP contribution in [0, 0.1) is 0 Å². The van der Waals surface area contributed by atoms with E-state index in [-0.39, 0.29) is 5.56 Å². The number of nitrogens with zero attached hydrogens (tertiary/aromatic N) is 1. The van der Waals surface area contributed by atoms with E-state index in [9.17, 15) is 4.79 Å². The van der Waals surface area contributed by atoms with Crippen LogP contribution in [0.3, 0.4) is 0 Å². The minimum absolute atomic E-state index is 0.238. The van der Waals surface area contributed by atoms with Gasteiger partial charge in [-0.2, -0.15) is 0 Å². The van der Waals surface area contributed by atoms with E-state index < -0.39 is 5.97 Å². The topological polar surface area (TPSA) is 59.4 Å². The number of carboxylic acid groups (broad SMARTS) is 1. The van der Waals surface area contributed by atoms with Crippen LogP contribution < -0.4 is 4.74 Å². The van der Waals surface area contributed by atoms with Gasteiger partial charge in [0.25, 0.3) is 0 Å². The summed E-state index contributed by atoms with van der Waals surface area (Å²) in [7, 11) is 0. The molecule has 0 saturated heterocycles. The molecular formula is C12H9NO3. The second kappa shape index (κ2) is 4.44. The fraction of sp³-hybridized carbons (Fsp3) is 0. The molecule has 0 aliphatic heterocycles. The average Bonchev–Trinajstić information content (AvgIpc) is 2.31. The van der Waals surface area contributed by atoms with Crippen molar-refractivity contribution >= 4 is 5.97 Å². The maximum atomic E-state index is 10.6. The van der Waals surface area contributed by atoms with Gasteiger partial charge in [-0.1, -0.05) is 0 Å². The summed E-state index contributed by atoms with van der Waals surface area (Å²) in [5.41, 5.74) is 0.238. The minimum Gasteiger partial charge on any atom is -0.478 e. The third-order valence-electron chi connectivity index (χ3n) is 1.99. The quantitative estimate of drug-likeness (QED) is 0.854. The van der Waals surface area contributed by atoms with Gasteiger partial charge in [0.2, 0.25) is 0 Å². The average molecular weight is 215 g/mol. The summed E-state index contributed by atoms with van der Waals surface area (Å²) >= 11 is 0. The van der Waals surface area contributed by atoms with Crippen LogP contribution in [-0.2, 0) is 0 Å². The molecule has 80 valence electrons. The first-order chi connectivity index (χ1) is 7.75. The number of aromatic carboxylic acids is 1. The van der Waals surface area contributed by atoms with Gasteiger partial charge in [-0.05, 0) is 36.4 Å². The van der Waals surface area contributed by atoms with Crippen molar-refractivity contribution in [2.45, 2.75) is 0 Å². The molecule has 0 bridgehead atoms. The Labute approximate surface area is 92.1 Å². The van der Waals surface area contributed by atoms with Crippen molar-refractivity contribution in [2.75, 3.05) is 0 Å². The number of benzene rings is 1. The molecule has 0 atom stereocenters. The third-order valence-corrected chi connectivity index (χ3v) is 1.99. The van der Waals surface area contributed by atoms with Crippen LogP contribution >= 0.6 is 0 Å². The fourth-order valence-electron chi connectivity index (χ4n) is 1.21. The van der Waals surface area contributed by atoms with Gasteiger partial charge in [0.15, 0.2) is 0 Å². The number of hydrogen-bond donors (Lipinski definition) is 1. The molecule has 4 nitrogen and oxygen atoms in total. The van der Waals surface area contributed by atoms with E-state index in [0.29, 0.717) is 11.5 Å². The lowest BCUT2D eigenvalue weighted by Crippen LogP contribution is -1.95. The van der Waals surface area contributed by atoms with Crippen molar-refractivity contribution in [1.29, 1.82) is 0 Å². The Bertz CT molecular complexity index is 479. The van der Waals surface area contributed by atoms with Crippen LogP contribution in [0.1, 0.15) is 10.4 Å². The van der Waals surface area contributed by atoms with E-state index in [2.05, 4.69) is 4.98 Å². The van der Waals surface area contributed by atoms with E-state index in [4.69, 9.17) is 9.84 Å². The van der Waals surface area contributed by atoms with E-state index >= 15 is 0 Å². The molecule has 0 spiro atoms. The van der Waals surface area contributed by atoms with Gasteiger partial charge in [0.05, 0.1) is 5.56 Å². The highest BCUT2D eigenvalue weighted by Gasteiger charge is 2.02.